The zero-order chi connectivity index (χ0) is 23.9. The molecule has 0 heterocycles. The molecule has 0 saturated heterocycles. The Morgan fingerprint density at radius 1 is 1.06 bits per heavy atom. The van der Waals surface area contributed by atoms with Gasteiger partial charge in [-0.2, -0.15) is 13.2 Å². The van der Waals surface area contributed by atoms with Crippen LogP contribution in [0, 0.1) is 10.1 Å². The number of nitrogens with one attached hydrogen (secondary N) is 3. The number of hydrogen-bond donors (Lipinski definition) is 3. The van der Waals surface area contributed by atoms with Crippen molar-refractivity contribution in [3.05, 3.63) is 63.2 Å². The van der Waals surface area contributed by atoms with Gasteiger partial charge in [0.1, 0.15) is 0 Å². The zero-order valence-electron chi connectivity index (χ0n) is 16.3. The molecule has 0 saturated carbocycles. The van der Waals surface area contributed by atoms with Crippen LogP contribution in [0.5, 0.6) is 0 Å². The molecule has 174 valence electrons. The lowest BCUT2D eigenvalue weighted by Gasteiger charge is -2.12. The van der Waals surface area contributed by atoms with E-state index in [1.54, 1.807) is 0 Å². The average Bonchev–Trinajstić information content (AvgIpc) is 2.70. The van der Waals surface area contributed by atoms with Crippen molar-refractivity contribution in [1.29, 1.82) is 0 Å². The van der Waals surface area contributed by atoms with Gasteiger partial charge in [0.2, 0.25) is 15.9 Å². The van der Waals surface area contributed by atoms with Crippen LogP contribution in [0.15, 0.2) is 47.4 Å². The van der Waals surface area contributed by atoms with Gasteiger partial charge in [0.25, 0.3) is 5.69 Å². The Bertz CT molecular complexity index is 1080. The first-order valence-corrected chi connectivity index (χ1v) is 10.9. The maximum Gasteiger partial charge on any atom is 0.417 e. The van der Waals surface area contributed by atoms with Crippen LogP contribution in [0.4, 0.5) is 24.5 Å². The molecule has 0 radical (unpaired) electrons. The minimum absolute atomic E-state index is 0.0560. The fourth-order valence-electron chi connectivity index (χ4n) is 2.47. The Morgan fingerprint density at radius 3 is 2.31 bits per heavy atom. The van der Waals surface area contributed by atoms with Crippen LogP contribution in [-0.4, -0.2) is 38.9 Å². The molecule has 1 amide bonds. The molecule has 0 bridgehead atoms. The minimum Gasteiger partial charge on any atom is -0.383 e. The predicted octanol–water partition coefficient (Wildman–Crippen LogP) is 3.16. The van der Waals surface area contributed by atoms with Crippen LogP contribution >= 0.6 is 11.6 Å². The molecule has 0 atom stereocenters. The van der Waals surface area contributed by atoms with Crippen LogP contribution in [0.3, 0.4) is 0 Å². The number of benzene rings is 2. The zero-order valence-corrected chi connectivity index (χ0v) is 17.9. The van der Waals surface area contributed by atoms with E-state index in [0.717, 1.165) is 12.1 Å². The summed E-state index contributed by atoms with van der Waals surface area (Å²) >= 11 is 5.48. The number of sulfonamides is 1. The molecule has 32 heavy (non-hydrogen) atoms. The molecular formula is C18H18ClF3N4O5S. The first kappa shape index (κ1) is 25.4. The number of hydrogen-bond acceptors (Lipinski definition) is 6. The van der Waals surface area contributed by atoms with E-state index in [9.17, 15) is 36.5 Å². The van der Waals surface area contributed by atoms with Crippen molar-refractivity contribution >= 4 is 38.9 Å². The fourth-order valence-corrected chi connectivity index (χ4v) is 3.75. The molecule has 0 aliphatic carbocycles. The Labute approximate surface area is 186 Å². The van der Waals surface area contributed by atoms with E-state index in [-0.39, 0.29) is 25.2 Å². The summed E-state index contributed by atoms with van der Waals surface area (Å²) in [6, 6.07) is 7.87. The number of non-ortho nitro benzene ring substituents is 1. The smallest absolute Gasteiger partial charge is 0.383 e. The molecule has 0 spiro atoms. The number of alkyl halides is 3. The summed E-state index contributed by atoms with van der Waals surface area (Å²) in [5.41, 5.74) is -0.723. The minimum atomic E-state index is -4.81. The molecule has 2 rings (SSSR count). The van der Waals surface area contributed by atoms with Crippen molar-refractivity contribution in [1.82, 2.24) is 10.0 Å². The molecular weight excluding hydrogens is 477 g/mol. The second-order valence-electron chi connectivity index (χ2n) is 6.37. The molecule has 0 aromatic heterocycles. The monoisotopic (exact) mass is 494 g/mol. The molecule has 0 aliphatic rings. The van der Waals surface area contributed by atoms with Crippen LogP contribution in [0.2, 0.25) is 5.02 Å². The normalized spacial score (nSPS) is 11.8. The van der Waals surface area contributed by atoms with Gasteiger partial charge in [-0.3, -0.25) is 14.9 Å². The third-order valence-corrected chi connectivity index (χ3v) is 5.84. The molecule has 14 heteroatoms. The molecule has 2 aromatic carbocycles. The van der Waals surface area contributed by atoms with E-state index < -0.39 is 42.5 Å². The van der Waals surface area contributed by atoms with Crippen LogP contribution in [0.1, 0.15) is 12.0 Å². The van der Waals surface area contributed by atoms with Crippen molar-refractivity contribution in [2.24, 2.45) is 0 Å². The van der Waals surface area contributed by atoms with E-state index in [1.165, 1.54) is 24.3 Å². The summed E-state index contributed by atoms with van der Waals surface area (Å²) in [5, 5.41) is 15.4. The second kappa shape index (κ2) is 10.6. The van der Waals surface area contributed by atoms with Crippen molar-refractivity contribution < 1.29 is 31.3 Å². The topological polar surface area (TPSA) is 130 Å². The average molecular weight is 495 g/mol. The number of anilines is 1. The predicted molar refractivity (Wildman–Crippen MR) is 111 cm³/mol. The van der Waals surface area contributed by atoms with E-state index in [0.29, 0.717) is 18.3 Å². The van der Waals surface area contributed by atoms with Crippen molar-refractivity contribution in [2.75, 3.05) is 25.0 Å². The third kappa shape index (κ3) is 7.35. The molecule has 2 aromatic rings. The Balaban J connectivity index is 1.77. The summed E-state index contributed by atoms with van der Waals surface area (Å²) in [7, 11) is -4.28. The standard InChI is InChI=1S/C18H18ClF3N4O5S/c19-16-6-5-14(11-15(16)18(20,21)22)32(30,31)25-8-7-17(27)24-10-9-23-12-1-3-13(4-2-12)26(28)29/h1-6,11,23,25H,7-10H2,(H,24,27). The highest BCUT2D eigenvalue weighted by atomic mass is 35.5. The molecule has 3 N–H and O–H groups in total. The van der Waals surface area contributed by atoms with Gasteiger partial charge in [-0.05, 0) is 30.3 Å². The van der Waals surface area contributed by atoms with Gasteiger partial charge in [-0.15, -0.1) is 0 Å². The van der Waals surface area contributed by atoms with Crippen molar-refractivity contribution in [2.45, 2.75) is 17.5 Å². The van der Waals surface area contributed by atoms with E-state index in [2.05, 4.69) is 15.4 Å². The molecule has 0 unspecified atom stereocenters. The number of halogens is 4. The van der Waals surface area contributed by atoms with Gasteiger partial charge < -0.3 is 10.6 Å². The van der Waals surface area contributed by atoms with Gasteiger partial charge in [-0.1, -0.05) is 11.6 Å². The highest BCUT2D eigenvalue weighted by Gasteiger charge is 2.34. The van der Waals surface area contributed by atoms with Gasteiger partial charge in [0.05, 0.1) is 20.4 Å². The van der Waals surface area contributed by atoms with E-state index in [4.69, 9.17) is 11.6 Å². The second-order valence-corrected chi connectivity index (χ2v) is 8.54. The number of nitrogens with zero attached hydrogens (tertiary/aromatic N) is 1. The summed E-state index contributed by atoms with van der Waals surface area (Å²) in [5.74, 6) is -0.481. The molecule has 0 fully saturated rings. The van der Waals surface area contributed by atoms with E-state index in [1.807, 2.05) is 0 Å². The Hall–Kier alpha value is -2.90. The highest BCUT2D eigenvalue weighted by molar-refractivity contribution is 7.89. The first-order chi connectivity index (χ1) is 14.9. The summed E-state index contributed by atoms with van der Waals surface area (Å²) in [6.07, 6.45) is -5.05. The van der Waals surface area contributed by atoms with Crippen molar-refractivity contribution in [3.63, 3.8) is 0 Å². The van der Waals surface area contributed by atoms with Gasteiger partial charge >= 0.3 is 6.18 Å². The fraction of sp³-hybridized carbons (Fsp3) is 0.278. The van der Waals surface area contributed by atoms with Gasteiger partial charge in [0.15, 0.2) is 0 Å². The first-order valence-electron chi connectivity index (χ1n) is 9.01. The van der Waals surface area contributed by atoms with Crippen LogP contribution in [0.25, 0.3) is 0 Å². The highest BCUT2D eigenvalue weighted by Crippen LogP contribution is 2.35. The Kier molecular flexibility index (Phi) is 8.41. The van der Waals surface area contributed by atoms with E-state index >= 15 is 0 Å². The quantitative estimate of drug-likeness (QED) is 0.264. The lowest BCUT2D eigenvalue weighted by atomic mass is 10.2. The largest absolute Gasteiger partial charge is 0.417 e. The number of nitro benzene ring substituents is 1. The summed E-state index contributed by atoms with van der Waals surface area (Å²) in [6.45, 7) is 0.170. The third-order valence-electron chi connectivity index (χ3n) is 4.05. The molecule has 9 nitrogen and oxygen atoms in total. The lowest BCUT2D eigenvalue weighted by molar-refractivity contribution is -0.384. The van der Waals surface area contributed by atoms with Crippen LogP contribution < -0.4 is 15.4 Å². The van der Waals surface area contributed by atoms with Gasteiger partial charge in [-0.25, -0.2) is 13.1 Å². The van der Waals surface area contributed by atoms with Gasteiger partial charge in [0, 0.05) is 43.9 Å². The number of nitro groups is 1. The maximum atomic E-state index is 12.9. The number of amides is 1. The number of carbonyl (C=O) groups is 1. The summed E-state index contributed by atoms with van der Waals surface area (Å²) < 4.78 is 65.1. The van der Waals surface area contributed by atoms with Crippen molar-refractivity contribution in [3.8, 4) is 0 Å². The summed E-state index contributed by atoms with van der Waals surface area (Å²) in [4.78, 5) is 21.3. The maximum absolute atomic E-state index is 12.9. The van der Waals surface area contributed by atoms with Crippen LogP contribution in [-0.2, 0) is 21.0 Å². The Morgan fingerprint density at radius 2 is 1.72 bits per heavy atom. The number of rotatable bonds is 10. The SMILES string of the molecule is O=C(CCNS(=O)(=O)c1ccc(Cl)c(C(F)(F)F)c1)NCCNc1ccc([N+](=O)[O-])cc1. The number of carbonyl (C=O) groups excluding carboxylic acids is 1. The molecule has 0 aliphatic heterocycles. The lowest BCUT2D eigenvalue weighted by Crippen LogP contribution is -2.33.